The first kappa shape index (κ1) is 13.6. The van der Waals surface area contributed by atoms with Crippen molar-refractivity contribution in [3.8, 4) is 0 Å². The van der Waals surface area contributed by atoms with Crippen molar-refractivity contribution in [1.82, 2.24) is 15.1 Å². The van der Waals surface area contributed by atoms with Gasteiger partial charge in [0.2, 0.25) is 0 Å². The Labute approximate surface area is 123 Å². The molecule has 6 heteroatoms. The lowest BCUT2D eigenvalue weighted by atomic mass is 10.2. The van der Waals surface area contributed by atoms with Gasteiger partial charge in [0, 0.05) is 18.7 Å². The van der Waals surface area contributed by atoms with Crippen LogP contribution in [-0.2, 0) is 17.9 Å². The average Bonchev–Trinajstić information content (AvgIpc) is 2.90. The quantitative estimate of drug-likeness (QED) is 0.908. The van der Waals surface area contributed by atoms with E-state index in [2.05, 4.69) is 22.7 Å². The minimum Gasteiger partial charge on any atom is -0.444 e. The Morgan fingerprint density at radius 1 is 1.48 bits per heavy atom. The number of aromatic nitrogens is 2. The van der Waals surface area contributed by atoms with E-state index in [9.17, 15) is 4.79 Å². The Bertz CT molecular complexity index is 624. The number of hydrogen-bond acceptors (Lipinski definition) is 4. The van der Waals surface area contributed by atoms with Gasteiger partial charge in [-0.05, 0) is 12.5 Å². The van der Waals surface area contributed by atoms with Crippen LogP contribution in [0, 0.1) is 0 Å². The minimum absolute atomic E-state index is 0.238. The third-order valence-electron chi connectivity index (χ3n) is 3.47. The number of amides is 1. The predicted octanol–water partition coefficient (Wildman–Crippen LogP) is 2.30. The number of nitrogens with zero attached hydrogens (tertiary/aromatic N) is 2. The lowest BCUT2D eigenvalue weighted by Crippen LogP contribution is -2.31. The summed E-state index contributed by atoms with van der Waals surface area (Å²) in [5, 5.41) is 10.4. The molecule has 0 saturated carbocycles. The number of carbonyl (C=O) groups excluding carboxylic acids is 1. The number of benzene rings is 1. The van der Waals surface area contributed by atoms with Crippen LogP contribution in [0.5, 0.6) is 0 Å². The highest BCUT2D eigenvalue weighted by atomic mass is 16.5. The van der Waals surface area contributed by atoms with Gasteiger partial charge in [0.05, 0.1) is 12.2 Å². The predicted molar refractivity (Wildman–Crippen MR) is 78.9 cm³/mol. The molecule has 0 fully saturated rings. The number of fused-ring (bicyclic) bond motifs is 1. The van der Waals surface area contributed by atoms with Gasteiger partial charge in [0.1, 0.15) is 6.61 Å². The molecule has 1 aromatic carbocycles. The Morgan fingerprint density at radius 2 is 2.29 bits per heavy atom. The van der Waals surface area contributed by atoms with E-state index in [-0.39, 0.29) is 12.6 Å². The first-order valence-electron chi connectivity index (χ1n) is 7.01. The second kappa shape index (κ2) is 5.97. The van der Waals surface area contributed by atoms with Crippen LogP contribution in [0.15, 0.2) is 36.4 Å². The summed E-state index contributed by atoms with van der Waals surface area (Å²) in [5.41, 5.74) is 2.02. The molecule has 0 bridgehead atoms. The molecule has 0 spiro atoms. The zero-order valence-corrected chi connectivity index (χ0v) is 11.9. The van der Waals surface area contributed by atoms with Crippen molar-refractivity contribution in [3.05, 3.63) is 47.7 Å². The van der Waals surface area contributed by atoms with Crippen LogP contribution < -0.4 is 10.6 Å². The summed E-state index contributed by atoms with van der Waals surface area (Å²) < 4.78 is 7.09. The van der Waals surface area contributed by atoms with Gasteiger partial charge in [-0.15, -0.1) is 0 Å². The smallest absolute Gasteiger partial charge is 0.413 e. The number of nitrogens with one attached hydrogen (secondary N) is 2. The summed E-state index contributed by atoms with van der Waals surface area (Å²) in [5.74, 6) is 0.526. The van der Waals surface area contributed by atoms with E-state index < -0.39 is 6.09 Å². The topological polar surface area (TPSA) is 68.2 Å². The molecule has 0 radical (unpaired) electrons. The largest absolute Gasteiger partial charge is 0.444 e. The van der Waals surface area contributed by atoms with E-state index in [4.69, 9.17) is 4.74 Å². The van der Waals surface area contributed by atoms with Crippen LogP contribution in [0.2, 0.25) is 0 Å². The molecule has 0 aliphatic carbocycles. The van der Waals surface area contributed by atoms with Crippen molar-refractivity contribution in [2.45, 2.75) is 26.1 Å². The van der Waals surface area contributed by atoms with Gasteiger partial charge in [-0.2, -0.15) is 5.10 Å². The van der Waals surface area contributed by atoms with Gasteiger partial charge in [0.15, 0.2) is 5.82 Å². The van der Waals surface area contributed by atoms with Crippen molar-refractivity contribution in [2.24, 2.45) is 0 Å². The number of carbonyl (C=O) groups is 1. The summed E-state index contributed by atoms with van der Waals surface area (Å²) in [6.07, 6.45) is -0.491. The zero-order chi connectivity index (χ0) is 14.7. The highest BCUT2D eigenvalue weighted by Gasteiger charge is 2.19. The molecule has 1 amide bonds. The lowest BCUT2D eigenvalue weighted by Gasteiger charge is -2.21. The van der Waals surface area contributed by atoms with Crippen molar-refractivity contribution in [1.29, 1.82) is 0 Å². The summed E-state index contributed by atoms with van der Waals surface area (Å²) >= 11 is 0. The maximum atomic E-state index is 11.8. The molecule has 1 unspecified atom stereocenters. The van der Waals surface area contributed by atoms with Crippen molar-refractivity contribution >= 4 is 11.9 Å². The summed E-state index contributed by atoms with van der Waals surface area (Å²) in [6, 6.07) is 11.7. The molecule has 21 heavy (non-hydrogen) atoms. The van der Waals surface area contributed by atoms with Crippen LogP contribution in [-0.4, -0.2) is 22.4 Å². The fourth-order valence-electron chi connectivity index (χ4n) is 2.38. The highest BCUT2D eigenvalue weighted by molar-refractivity contribution is 5.83. The molecule has 2 heterocycles. The standard InChI is InChI=1S/C15H18N4O2/c1-11-13-9-14(18-19(13)8-7-16-11)17-15(20)21-10-12-5-3-2-4-6-12/h2-6,9,11,16H,7-8,10H2,1H3,(H,17,18,20). The third kappa shape index (κ3) is 3.22. The third-order valence-corrected chi connectivity index (χ3v) is 3.47. The number of ether oxygens (including phenoxy) is 1. The van der Waals surface area contributed by atoms with Gasteiger partial charge in [-0.1, -0.05) is 30.3 Å². The summed E-state index contributed by atoms with van der Waals surface area (Å²) in [4.78, 5) is 11.8. The molecule has 1 aromatic heterocycles. The molecular weight excluding hydrogens is 268 g/mol. The van der Waals surface area contributed by atoms with E-state index >= 15 is 0 Å². The van der Waals surface area contributed by atoms with E-state index in [0.29, 0.717) is 5.82 Å². The van der Waals surface area contributed by atoms with Crippen molar-refractivity contribution < 1.29 is 9.53 Å². The molecule has 1 aliphatic rings. The zero-order valence-electron chi connectivity index (χ0n) is 11.9. The molecule has 3 rings (SSSR count). The van der Waals surface area contributed by atoms with E-state index in [0.717, 1.165) is 24.3 Å². The average molecular weight is 286 g/mol. The molecular formula is C15H18N4O2. The maximum absolute atomic E-state index is 11.8. The van der Waals surface area contributed by atoms with Gasteiger partial charge < -0.3 is 10.1 Å². The maximum Gasteiger partial charge on any atom is 0.413 e. The minimum atomic E-state index is -0.491. The molecule has 110 valence electrons. The number of hydrogen-bond donors (Lipinski definition) is 2. The normalized spacial score (nSPS) is 17.1. The SMILES string of the molecule is CC1NCCn2nc(NC(=O)OCc3ccccc3)cc21. The van der Waals surface area contributed by atoms with Crippen molar-refractivity contribution in [2.75, 3.05) is 11.9 Å². The van der Waals surface area contributed by atoms with E-state index in [1.165, 1.54) is 0 Å². The fourth-order valence-corrected chi connectivity index (χ4v) is 2.38. The summed E-state index contributed by atoms with van der Waals surface area (Å²) in [6.45, 7) is 4.01. The molecule has 2 N–H and O–H groups in total. The van der Waals surface area contributed by atoms with Crippen LogP contribution in [0.4, 0.5) is 10.6 Å². The van der Waals surface area contributed by atoms with Crippen LogP contribution in [0.3, 0.4) is 0 Å². The van der Waals surface area contributed by atoms with E-state index in [1.54, 1.807) is 0 Å². The first-order valence-corrected chi connectivity index (χ1v) is 7.01. The van der Waals surface area contributed by atoms with Gasteiger partial charge in [-0.25, -0.2) is 4.79 Å². The fraction of sp³-hybridized carbons (Fsp3) is 0.333. The molecule has 0 saturated heterocycles. The Kier molecular flexibility index (Phi) is 3.87. The Hall–Kier alpha value is -2.34. The van der Waals surface area contributed by atoms with Gasteiger partial charge in [0.25, 0.3) is 0 Å². The lowest BCUT2D eigenvalue weighted by molar-refractivity contribution is 0.155. The summed E-state index contributed by atoms with van der Waals surface area (Å²) in [7, 11) is 0. The van der Waals surface area contributed by atoms with Crippen LogP contribution in [0.25, 0.3) is 0 Å². The second-order valence-corrected chi connectivity index (χ2v) is 5.04. The Balaban J connectivity index is 1.58. The van der Waals surface area contributed by atoms with Gasteiger partial charge in [-0.3, -0.25) is 10.00 Å². The van der Waals surface area contributed by atoms with Crippen molar-refractivity contribution in [3.63, 3.8) is 0 Å². The molecule has 2 aromatic rings. The Morgan fingerprint density at radius 3 is 3.05 bits per heavy atom. The van der Waals surface area contributed by atoms with Crippen LogP contribution >= 0.6 is 0 Å². The number of rotatable bonds is 3. The monoisotopic (exact) mass is 286 g/mol. The van der Waals surface area contributed by atoms with Gasteiger partial charge >= 0.3 is 6.09 Å². The second-order valence-electron chi connectivity index (χ2n) is 5.04. The number of anilines is 1. The van der Waals surface area contributed by atoms with E-state index in [1.807, 2.05) is 41.1 Å². The van der Waals surface area contributed by atoms with Crippen LogP contribution in [0.1, 0.15) is 24.2 Å². The molecule has 1 atom stereocenters. The molecule has 1 aliphatic heterocycles. The highest BCUT2D eigenvalue weighted by Crippen LogP contribution is 2.20. The first-order chi connectivity index (χ1) is 10.2. The molecule has 6 nitrogen and oxygen atoms in total.